The van der Waals surface area contributed by atoms with E-state index in [1.165, 1.54) is 25.3 Å². The Kier molecular flexibility index (Phi) is 6.28. The Balaban J connectivity index is 2.49. The molecular weight excluding hydrogens is 316 g/mol. The van der Waals surface area contributed by atoms with Crippen molar-refractivity contribution in [3.63, 3.8) is 0 Å². The quantitative estimate of drug-likeness (QED) is 0.605. The van der Waals surface area contributed by atoms with Crippen molar-refractivity contribution in [1.82, 2.24) is 0 Å². The van der Waals surface area contributed by atoms with Gasteiger partial charge in [-0.25, -0.2) is 4.39 Å². The molecule has 0 bridgehead atoms. The maximum atomic E-state index is 12.9. The molecule has 0 aromatic heterocycles. The van der Waals surface area contributed by atoms with Gasteiger partial charge in [-0.05, 0) is 46.7 Å². The smallest absolute Gasteiger partial charge is 0.124 e. The SMILES string of the molecule is CCCCCCC(N)c1ccc(F)cc1I. The summed E-state index contributed by atoms with van der Waals surface area (Å²) in [4.78, 5) is 0. The third-order valence-corrected chi connectivity index (χ3v) is 3.66. The minimum atomic E-state index is -0.189. The van der Waals surface area contributed by atoms with E-state index in [9.17, 15) is 4.39 Å². The van der Waals surface area contributed by atoms with Crippen LogP contribution in [0.2, 0.25) is 0 Å². The minimum absolute atomic E-state index is 0.0457. The van der Waals surface area contributed by atoms with Crippen molar-refractivity contribution < 1.29 is 4.39 Å². The summed E-state index contributed by atoms with van der Waals surface area (Å²) < 4.78 is 13.8. The van der Waals surface area contributed by atoms with Crippen LogP contribution in [0.15, 0.2) is 18.2 Å². The monoisotopic (exact) mass is 335 g/mol. The lowest BCUT2D eigenvalue weighted by atomic mass is 10.0. The molecule has 0 aliphatic carbocycles. The van der Waals surface area contributed by atoms with Gasteiger partial charge in [0.1, 0.15) is 5.82 Å². The fraction of sp³-hybridized carbons (Fsp3) is 0.538. The molecule has 0 aliphatic rings. The average Bonchev–Trinajstić information content (AvgIpc) is 2.24. The number of halogens is 2. The topological polar surface area (TPSA) is 26.0 Å². The van der Waals surface area contributed by atoms with Crippen molar-refractivity contribution in [3.8, 4) is 0 Å². The fourth-order valence-electron chi connectivity index (χ4n) is 1.75. The molecule has 90 valence electrons. The van der Waals surface area contributed by atoms with E-state index < -0.39 is 0 Å². The van der Waals surface area contributed by atoms with Gasteiger partial charge in [-0.2, -0.15) is 0 Å². The van der Waals surface area contributed by atoms with Crippen molar-refractivity contribution in [2.75, 3.05) is 0 Å². The van der Waals surface area contributed by atoms with Crippen LogP contribution >= 0.6 is 22.6 Å². The Bertz CT molecular complexity index is 328. The molecule has 0 spiro atoms. The molecule has 16 heavy (non-hydrogen) atoms. The highest BCUT2D eigenvalue weighted by molar-refractivity contribution is 14.1. The highest BCUT2D eigenvalue weighted by atomic mass is 127. The highest BCUT2D eigenvalue weighted by Gasteiger charge is 2.09. The molecule has 1 nitrogen and oxygen atoms in total. The van der Waals surface area contributed by atoms with E-state index >= 15 is 0 Å². The molecule has 0 saturated carbocycles. The molecule has 1 unspecified atom stereocenters. The van der Waals surface area contributed by atoms with Crippen LogP contribution < -0.4 is 5.73 Å². The summed E-state index contributed by atoms with van der Waals surface area (Å²) in [6.45, 7) is 2.20. The third-order valence-electron chi connectivity index (χ3n) is 2.73. The highest BCUT2D eigenvalue weighted by Crippen LogP contribution is 2.23. The van der Waals surface area contributed by atoms with Crippen LogP contribution in [-0.2, 0) is 0 Å². The van der Waals surface area contributed by atoms with E-state index in [4.69, 9.17) is 5.73 Å². The van der Waals surface area contributed by atoms with E-state index in [0.29, 0.717) is 0 Å². The molecular formula is C13H19FIN. The van der Waals surface area contributed by atoms with Gasteiger partial charge in [0.15, 0.2) is 0 Å². The Morgan fingerprint density at radius 2 is 2.06 bits per heavy atom. The predicted molar refractivity (Wildman–Crippen MR) is 74.8 cm³/mol. The first-order chi connectivity index (χ1) is 7.65. The van der Waals surface area contributed by atoms with Gasteiger partial charge in [-0.3, -0.25) is 0 Å². The molecule has 0 radical (unpaired) electrons. The van der Waals surface area contributed by atoms with Gasteiger partial charge < -0.3 is 5.73 Å². The van der Waals surface area contributed by atoms with Crippen LogP contribution in [0.1, 0.15) is 50.6 Å². The first kappa shape index (κ1) is 13.9. The minimum Gasteiger partial charge on any atom is -0.324 e. The fourth-order valence-corrected chi connectivity index (χ4v) is 2.63. The summed E-state index contributed by atoms with van der Waals surface area (Å²) in [6.07, 6.45) is 5.89. The second-order valence-electron chi connectivity index (χ2n) is 4.12. The maximum Gasteiger partial charge on any atom is 0.124 e. The molecule has 2 N–H and O–H groups in total. The van der Waals surface area contributed by atoms with Crippen LogP contribution in [0, 0.1) is 9.39 Å². The lowest BCUT2D eigenvalue weighted by Gasteiger charge is -2.13. The van der Waals surface area contributed by atoms with E-state index in [0.717, 1.165) is 22.0 Å². The zero-order valence-corrected chi connectivity index (χ0v) is 11.8. The second-order valence-corrected chi connectivity index (χ2v) is 5.28. The Labute approximate surface area is 111 Å². The number of hydrogen-bond donors (Lipinski definition) is 1. The normalized spacial score (nSPS) is 12.8. The van der Waals surface area contributed by atoms with E-state index in [2.05, 4.69) is 29.5 Å². The van der Waals surface area contributed by atoms with Crippen molar-refractivity contribution in [3.05, 3.63) is 33.1 Å². The number of rotatable bonds is 6. The van der Waals surface area contributed by atoms with Crippen molar-refractivity contribution in [2.45, 2.75) is 45.1 Å². The van der Waals surface area contributed by atoms with Crippen LogP contribution in [0.5, 0.6) is 0 Å². The van der Waals surface area contributed by atoms with Gasteiger partial charge in [0.2, 0.25) is 0 Å². The molecule has 0 aliphatic heterocycles. The standard InChI is InChI=1S/C13H19FIN/c1-2-3-4-5-6-13(16)11-8-7-10(14)9-12(11)15/h7-9,13H,2-6,16H2,1H3. The summed E-state index contributed by atoms with van der Waals surface area (Å²) in [6, 6.07) is 4.89. The van der Waals surface area contributed by atoms with Crippen molar-refractivity contribution in [1.29, 1.82) is 0 Å². The summed E-state index contributed by atoms with van der Waals surface area (Å²) >= 11 is 2.15. The molecule has 0 saturated heterocycles. The van der Waals surface area contributed by atoms with Gasteiger partial charge >= 0.3 is 0 Å². The first-order valence-electron chi connectivity index (χ1n) is 5.85. The Morgan fingerprint density at radius 1 is 1.31 bits per heavy atom. The van der Waals surface area contributed by atoms with Gasteiger partial charge in [0.25, 0.3) is 0 Å². The predicted octanol–water partition coefficient (Wildman–Crippen LogP) is 4.40. The number of benzene rings is 1. The van der Waals surface area contributed by atoms with Crippen LogP contribution in [-0.4, -0.2) is 0 Å². The summed E-state index contributed by atoms with van der Waals surface area (Å²) in [5, 5.41) is 0. The average molecular weight is 335 g/mol. The third kappa shape index (κ3) is 4.37. The van der Waals surface area contributed by atoms with Crippen molar-refractivity contribution in [2.24, 2.45) is 5.73 Å². The number of nitrogens with two attached hydrogens (primary N) is 1. The van der Waals surface area contributed by atoms with Crippen LogP contribution in [0.25, 0.3) is 0 Å². The van der Waals surface area contributed by atoms with Gasteiger partial charge in [0.05, 0.1) is 0 Å². The number of hydrogen-bond acceptors (Lipinski definition) is 1. The largest absolute Gasteiger partial charge is 0.324 e. The molecule has 1 atom stereocenters. The molecule has 1 rings (SSSR count). The molecule has 3 heteroatoms. The van der Waals surface area contributed by atoms with E-state index in [1.54, 1.807) is 6.07 Å². The number of unbranched alkanes of at least 4 members (excludes halogenated alkanes) is 3. The molecule has 1 aromatic rings. The summed E-state index contributed by atoms with van der Waals surface area (Å²) in [5.41, 5.74) is 7.17. The summed E-state index contributed by atoms with van der Waals surface area (Å²) in [7, 11) is 0. The van der Waals surface area contributed by atoms with Crippen molar-refractivity contribution >= 4 is 22.6 Å². The molecule has 0 fully saturated rings. The maximum absolute atomic E-state index is 12.9. The van der Waals surface area contributed by atoms with Gasteiger partial charge in [-0.15, -0.1) is 0 Å². The lowest BCUT2D eigenvalue weighted by Crippen LogP contribution is -2.11. The zero-order chi connectivity index (χ0) is 12.0. The molecule has 0 heterocycles. The van der Waals surface area contributed by atoms with Gasteiger partial charge in [-0.1, -0.05) is 38.7 Å². The Morgan fingerprint density at radius 3 is 2.69 bits per heavy atom. The second kappa shape index (κ2) is 7.22. The molecule has 0 amide bonds. The van der Waals surface area contributed by atoms with Crippen LogP contribution in [0.4, 0.5) is 4.39 Å². The molecule has 1 aromatic carbocycles. The van der Waals surface area contributed by atoms with E-state index in [-0.39, 0.29) is 11.9 Å². The van der Waals surface area contributed by atoms with Gasteiger partial charge in [0, 0.05) is 9.61 Å². The Hall–Kier alpha value is -0.160. The van der Waals surface area contributed by atoms with Crippen LogP contribution in [0.3, 0.4) is 0 Å². The summed E-state index contributed by atoms with van der Waals surface area (Å²) in [5.74, 6) is -0.189. The first-order valence-corrected chi connectivity index (χ1v) is 6.93. The lowest BCUT2D eigenvalue weighted by molar-refractivity contribution is 0.562. The zero-order valence-electron chi connectivity index (χ0n) is 9.68. The van der Waals surface area contributed by atoms with E-state index in [1.807, 2.05) is 6.07 Å².